The molecule has 0 radical (unpaired) electrons. The van der Waals surface area contributed by atoms with Gasteiger partial charge in [-0.25, -0.2) is 0 Å². The zero-order valence-electron chi connectivity index (χ0n) is 18.7. The van der Waals surface area contributed by atoms with E-state index in [1.807, 2.05) is 0 Å². The predicted octanol–water partition coefficient (Wildman–Crippen LogP) is 6.01. The fourth-order valence-electron chi connectivity index (χ4n) is 3.52. The van der Waals surface area contributed by atoms with Crippen LogP contribution in [0, 0.1) is 27.7 Å². The summed E-state index contributed by atoms with van der Waals surface area (Å²) in [6, 6.07) is 8.89. The van der Waals surface area contributed by atoms with Gasteiger partial charge < -0.3 is 0 Å². The number of hydrogen-bond acceptors (Lipinski definition) is 1. The quantitative estimate of drug-likeness (QED) is 0.463. The van der Waals surface area contributed by atoms with E-state index in [2.05, 4.69) is 93.5 Å². The van der Waals surface area contributed by atoms with Crippen LogP contribution in [-0.4, -0.2) is 24.4 Å². The van der Waals surface area contributed by atoms with Crippen molar-refractivity contribution in [3.05, 3.63) is 63.2 Å². The van der Waals surface area contributed by atoms with Crippen LogP contribution in [0.2, 0.25) is 0 Å². The van der Waals surface area contributed by atoms with Crippen LogP contribution in [0.1, 0.15) is 85.3 Å². The summed E-state index contributed by atoms with van der Waals surface area (Å²) in [5.74, 6) is 0. The summed E-state index contributed by atoms with van der Waals surface area (Å²) >= 11 is 0. The molecule has 1 atom stereocenters. The van der Waals surface area contributed by atoms with Crippen LogP contribution < -0.4 is 5.30 Å². The Morgan fingerprint density at radius 2 is 1.00 bits per heavy atom. The molecule has 1 unspecified atom stereocenters. The van der Waals surface area contributed by atoms with E-state index >= 15 is 0 Å². The van der Waals surface area contributed by atoms with Crippen molar-refractivity contribution in [1.82, 2.24) is 0 Å². The Bertz CT molecular complexity index is 836. The molecular formula is C25H36LiOP. The maximum absolute atomic E-state index is 13.2. The summed E-state index contributed by atoms with van der Waals surface area (Å²) in [5.41, 5.74) is 8.64. The zero-order chi connectivity index (χ0) is 20.7. The molecule has 0 aliphatic rings. The van der Waals surface area contributed by atoms with Gasteiger partial charge in [0, 0.05) is 5.56 Å². The van der Waals surface area contributed by atoms with Crippen LogP contribution in [-0.2, 0) is 10.8 Å². The number of carbonyl (C=O) groups is 1. The zero-order valence-corrected chi connectivity index (χ0v) is 19.7. The molecule has 0 heterocycles. The van der Waals surface area contributed by atoms with Gasteiger partial charge in [0.2, 0.25) is 0 Å². The van der Waals surface area contributed by atoms with Gasteiger partial charge in [0.05, 0.1) is 0 Å². The molecule has 0 aliphatic heterocycles. The van der Waals surface area contributed by atoms with Gasteiger partial charge in [0.15, 0.2) is 5.52 Å². The molecule has 0 saturated heterocycles. The Morgan fingerprint density at radius 1 is 0.679 bits per heavy atom. The minimum atomic E-state index is 0. The second-order valence-electron chi connectivity index (χ2n) is 9.92. The molecule has 2 aromatic rings. The first-order valence-electron chi connectivity index (χ1n) is 9.76. The SMILES string of the molecule is Cc1cc(C(C)(C)C)cc(C)c1PC(=O)c1c(C)cc(C(C)(C)C)cc1C.[LiH]. The monoisotopic (exact) mass is 390 g/mol. The van der Waals surface area contributed by atoms with E-state index in [1.54, 1.807) is 0 Å². The van der Waals surface area contributed by atoms with Crippen LogP contribution >= 0.6 is 8.58 Å². The van der Waals surface area contributed by atoms with E-state index in [1.165, 1.54) is 27.6 Å². The molecule has 3 heteroatoms. The van der Waals surface area contributed by atoms with E-state index < -0.39 is 0 Å². The second-order valence-corrected chi connectivity index (χ2v) is 11.1. The van der Waals surface area contributed by atoms with Gasteiger partial charge in [0.25, 0.3) is 0 Å². The topological polar surface area (TPSA) is 17.1 Å². The Kier molecular flexibility index (Phi) is 7.98. The minimum absolute atomic E-state index is 0. The number of benzene rings is 2. The first-order chi connectivity index (χ1) is 12.2. The van der Waals surface area contributed by atoms with E-state index in [9.17, 15) is 4.79 Å². The Morgan fingerprint density at radius 3 is 1.32 bits per heavy atom. The molecule has 148 valence electrons. The van der Waals surface area contributed by atoms with Crippen LogP contribution in [0.4, 0.5) is 0 Å². The average Bonchev–Trinajstić information content (AvgIpc) is 2.48. The summed E-state index contributed by atoms with van der Waals surface area (Å²) in [7, 11) is 0.170. The molecule has 0 amide bonds. The number of aryl methyl sites for hydroxylation is 4. The number of carbonyl (C=O) groups excluding carboxylic acids is 1. The average molecular weight is 390 g/mol. The fraction of sp³-hybridized carbons (Fsp3) is 0.480. The van der Waals surface area contributed by atoms with Crippen molar-refractivity contribution in [1.29, 1.82) is 0 Å². The molecule has 0 aromatic heterocycles. The summed E-state index contributed by atoms with van der Waals surface area (Å²) in [6.45, 7) is 21.8. The van der Waals surface area contributed by atoms with Crippen LogP contribution in [0.25, 0.3) is 0 Å². The summed E-state index contributed by atoms with van der Waals surface area (Å²) in [6.07, 6.45) is 0. The first-order valence-corrected chi connectivity index (χ1v) is 10.8. The van der Waals surface area contributed by atoms with Crippen LogP contribution in [0.15, 0.2) is 24.3 Å². The molecular weight excluding hydrogens is 354 g/mol. The number of hydrogen-bond donors (Lipinski definition) is 0. The first kappa shape index (κ1) is 25.2. The molecule has 1 nitrogen and oxygen atoms in total. The van der Waals surface area contributed by atoms with E-state index in [0.29, 0.717) is 0 Å². The van der Waals surface area contributed by atoms with Gasteiger partial charge in [-0.3, -0.25) is 4.79 Å². The van der Waals surface area contributed by atoms with Gasteiger partial charge in [-0.1, -0.05) is 65.8 Å². The molecule has 0 saturated carbocycles. The number of rotatable bonds is 3. The van der Waals surface area contributed by atoms with Crippen molar-refractivity contribution in [2.75, 3.05) is 0 Å². The fourth-order valence-corrected chi connectivity index (χ4v) is 4.81. The van der Waals surface area contributed by atoms with E-state index in [0.717, 1.165) is 16.7 Å². The molecule has 0 fully saturated rings. The molecule has 0 N–H and O–H groups in total. The third-order valence-electron chi connectivity index (χ3n) is 5.26. The van der Waals surface area contributed by atoms with Crippen molar-refractivity contribution < 1.29 is 4.79 Å². The Hall–Kier alpha value is -0.863. The van der Waals surface area contributed by atoms with Crippen molar-refractivity contribution in [2.24, 2.45) is 0 Å². The summed E-state index contributed by atoms with van der Waals surface area (Å²) < 4.78 is 0. The molecule has 28 heavy (non-hydrogen) atoms. The molecule has 0 aliphatic carbocycles. The van der Waals surface area contributed by atoms with Crippen molar-refractivity contribution >= 4 is 38.3 Å². The van der Waals surface area contributed by atoms with Crippen molar-refractivity contribution in [2.45, 2.75) is 80.1 Å². The molecule has 0 bridgehead atoms. The standard InChI is InChI=1S/C25H35OP.Li.H/c1-15-11-19(24(5,6)7)12-16(2)21(15)23(26)27-22-17(3)13-20(14-18(22)4)25(8,9)10;;/h11-14,27H,1-10H3;;. The van der Waals surface area contributed by atoms with Crippen molar-refractivity contribution in [3.63, 3.8) is 0 Å². The Balaban J connectivity index is 0.00000392. The van der Waals surface area contributed by atoms with Crippen LogP contribution in [0.5, 0.6) is 0 Å². The van der Waals surface area contributed by atoms with Gasteiger partial charge in [-0.15, -0.1) is 0 Å². The third-order valence-corrected chi connectivity index (χ3v) is 6.78. The van der Waals surface area contributed by atoms with E-state index in [4.69, 9.17) is 0 Å². The van der Waals surface area contributed by atoms with Crippen molar-refractivity contribution in [3.8, 4) is 0 Å². The van der Waals surface area contributed by atoms with Gasteiger partial charge in [-0.2, -0.15) is 0 Å². The van der Waals surface area contributed by atoms with Gasteiger partial charge >= 0.3 is 18.9 Å². The predicted molar refractivity (Wildman–Crippen MR) is 129 cm³/mol. The van der Waals surface area contributed by atoms with E-state index in [-0.39, 0.29) is 43.8 Å². The Labute approximate surface area is 186 Å². The molecule has 2 rings (SSSR count). The normalized spacial score (nSPS) is 12.4. The summed E-state index contributed by atoms with van der Waals surface area (Å²) in [5, 5.41) is 1.20. The second kappa shape index (κ2) is 8.88. The third kappa shape index (κ3) is 5.60. The maximum atomic E-state index is 13.2. The molecule has 2 aromatic carbocycles. The van der Waals surface area contributed by atoms with Gasteiger partial charge in [0.1, 0.15) is 0 Å². The molecule has 0 spiro atoms. The summed E-state index contributed by atoms with van der Waals surface area (Å²) in [4.78, 5) is 13.2. The van der Waals surface area contributed by atoms with Gasteiger partial charge in [-0.05, 0) is 85.8 Å². The van der Waals surface area contributed by atoms with Crippen LogP contribution in [0.3, 0.4) is 0 Å².